The lowest BCUT2D eigenvalue weighted by Gasteiger charge is -2.21. The van der Waals surface area contributed by atoms with Crippen molar-refractivity contribution in [3.63, 3.8) is 0 Å². The molecule has 0 aliphatic carbocycles. The molecule has 0 unspecified atom stereocenters. The molecule has 1 aromatic rings. The number of carbonyl (C=O) groups is 1. The SMILES string of the molecule is O=C(Cc1cccc(Br)c1)N(CCCl)CC(F)F. The van der Waals surface area contributed by atoms with Crippen molar-refractivity contribution in [3.8, 4) is 0 Å². The van der Waals surface area contributed by atoms with Crippen LogP contribution in [0.4, 0.5) is 8.78 Å². The fraction of sp³-hybridized carbons (Fsp3) is 0.417. The Morgan fingerprint density at radius 3 is 2.72 bits per heavy atom. The van der Waals surface area contributed by atoms with Crippen molar-refractivity contribution in [2.24, 2.45) is 0 Å². The predicted octanol–water partition coefficient (Wildman–Crippen LogP) is 3.32. The third-order valence-corrected chi connectivity index (χ3v) is 2.97. The molecule has 0 heterocycles. The zero-order valence-corrected chi connectivity index (χ0v) is 11.9. The van der Waals surface area contributed by atoms with Gasteiger partial charge in [0.15, 0.2) is 0 Å². The Balaban J connectivity index is 2.66. The van der Waals surface area contributed by atoms with E-state index in [1.807, 2.05) is 6.07 Å². The van der Waals surface area contributed by atoms with Gasteiger partial charge in [-0.25, -0.2) is 8.78 Å². The first-order chi connectivity index (χ1) is 8.52. The van der Waals surface area contributed by atoms with E-state index >= 15 is 0 Å². The van der Waals surface area contributed by atoms with Crippen LogP contribution < -0.4 is 0 Å². The second-order valence-corrected chi connectivity index (χ2v) is 5.02. The Bertz CT molecular complexity index is 403. The molecule has 0 aromatic heterocycles. The lowest BCUT2D eigenvalue weighted by atomic mass is 10.1. The van der Waals surface area contributed by atoms with Crippen molar-refractivity contribution in [2.75, 3.05) is 19.0 Å². The summed E-state index contributed by atoms with van der Waals surface area (Å²) < 4.78 is 25.5. The highest BCUT2D eigenvalue weighted by Gasteiger charge is 2.17. The van der Waals surface area contributed by atoms with Crippen LogP contribution in [0.25, 0.3) is 0 Å². The Morgan fingerprint density at radius 2 is 2.17 bits per heavy atom. The first-order valence-electron chi connectivity index (χ1n) is 5.39. The van der Waals surface area contributed by atoms with Gasteiger partial charge in [0.25, 0.3) is 6.43 Å². The molecule has 0 spiro atoms. The van der Waals surface area contributed by atoms with Crippen LogP contribution in [0.3, 0.4) is 0 Å². The summed E-state index contributed by atoms with van der Waals surface area (Å²) in [5.74, 6) is -0.189. The van der Waals surface area contributed by atoms with Crippen LogP contribution in [-0.2, 0) is 11.2 Å². The fourth-order valence-corrected chi connectivity index (χ4v) is 2.17. The van der Waals surface area contributed by atoms with Gasteiger partial charge in [-0.1, -0.05) is 28.1 Å². The van der Waals surface area contributed by atoms with Gasteiger partial charge in [0, 0.05) is 16.9 Å². The van der Waals surface area contributed by atoms with Crippen molar-refractivity contribution in [3.05, 3.63) is 34.3 Å². The van der Waals surface area contributed by atoms with Crippen LogP contribution in [0.15, 0.2) is 28.7 Å². The molecular formula is C12H13BrClF2NO. The highest BCUT2D eigenvalue weighted by molar-refractivity contribution is 9.10. The van der Waals surface area contributed by atoms with E-state index in [2.05, 4.69) is 15.9 Å². The summed E-state index contributed by atoms with van der Waals surface area (Å²) in [5.41, 5.74) is 0.781. The zero-order chi connectivity index (χ0) is 13.5. The number of carbonyl (C=O) groups excluding carboxylic acids is 1. The highest BCUT2D eigenvalue weighted by Crippen LogP contribution is 2.13. The molecule has 0 bridgehead atoms. The smallest absolute Gasteiger partial charge is 0.255 e. The molecule has 0 atom stereocenters. The van der Waals surface area contributed by atoms with Gasteiger partial charge in [-0.3, -0.25) is 4.79 Å². The van der Waals surface area contributed by atoms with E-state index in [0.717, 1.165) is 14.9 Å². The fourth-order valence-electron chi connectivity index (χ4n) is 1.52. The van der Waals surface area contributed by atoms with Gasteiger partial charge in [0.05, 0.1) is 13.0 Å². The largest absolute Gasteiger partial charge is 0.335 e. The molecule has 0 aliphatic rings. The molecule has 0 saturated carbocycles. The van der Waals surface area contributed by atoms with Crippen molar-refractivity contribution in [1.82, 2.24) is 4.90 Å². The first kappa shape index (κ1) is 15.4. The maximum absolute atomic E-state index is 12.3. The number of amides is 1. The van der Waals surface area contributed by atoms with Crippen LogP contribution in [0.5, 0.6) is 0 Å². The standard InChI is InChI=1S/C12H13BrClF2NO/c13-10-3-1-2-9(6-10)7-12(18)17(5-4-14)8-11(15)16/h1-3,6,11H,4-5,7-8H2. The van der Waals surface area contributed by atoms with Gasteiger partial charge in [0.1, 0.15) is 0 Å². The number of alkyl halides is 3. The Hall–Kier alpha value is -0.680. The maximum atomic E-state index is 12.3. The van der Waals surface area contributed by atoms with Crippen LogP contribution >= 0.6 is 27.5 Å². The second kappa shape index (κ2) is 7.69. The lowest BCUT2D eigenvalue weighted by Crippen LogP contribution is -2.37. The number of benzene rings is 1. The summed E-state index contributed by atoms with van der Waals surface area (Å²) in [4.78, 5) is 13.0. The number of rotatable bonds is 6. The van der Waals surface area contributed by atoms with Crippen molar-refractivity contribution in [2.45, 2.75) is 12.8 Å². The number of halogens is 4. The first-order valence-corrected chi connectivity index (χ1v) is 6.72. The van der Waals surface area contributed by atoms with E-state index in [4.69, 9.17) is 11.6 Å². The van der Waals surface area contributed by atoms with E-state index in [1.165, 1.54) is 0 Å². The molecule has 1 rings (SSSR count). The summed E-state index contributed by atoms with van der Waals surface area (Å²) in [6, 6.07) is 7.21. The molecular weight excluding hydrogens is 327 g/mol. The maximum Gasteiger partial charge on any atom is 0.255 e. The minimum Gasteiger partial charge on any atom is -0.335 e. The van der Waals surface area contributed by atoms with Gasteiger partial charge in [-0.05, 0) is 17.7 Å². The molecule has 100 valence electrons. The normalized spacial score (nSPS) is 10.7. The second-order valence-electron chi connectivity index (χ2n) is 3.73. The van der Waals surface area contributed by atoms with E-state index in [1.54, 1.807) is 18.2 Å². The Kier molecular flexibility index (Phi) is 6.57. The quantitative estimate of drug-likeness (QED) is 0.728. The summed E-state index contributed by atoms with van der Waals surface area (Å²) in [6.45, 7) is -0.432. The molecule has 1 amide bonds. The van der Waals surface area contributed by atoms with E-state index in [9.17, 15) is 13.6 Å². The summed E-state index contributed by atoms with van der Waals surface area (Å²) in [7, 11) is 0. The zero-order valence-electron chi connectivity index (χ0n) is 9.58. The number of nitrogens with zero attached hydrogens (tertiary/aromatic N) is 1. The number of hydrogen-bond donors (Lipinski definition) is 0. The Labute approximate surface area is 118 Å². The molecule has 0 N–H and O–H groups in total. The number of hydrogen-bond acceptors (Lipinski definition) is 1. The van der Waals surface area contributed by atoms with Gasteiger partial charge in [-0.15, -0.1) is 11.6 Å². The monoisotopic (exact) mass is 339 g/mol. The van der Waals surface area contributed by atoms with E-state index < -0.39 is 13.0 Å². The molecule has 1 aromatic carbocycles. The Morgan fingerprint density at radius 1 is 1.44 bits per heavy atom. The van der Waals surface area contributed by atoms with Gasteiger partial charge in [-0.2, -0.15) is 0 Å². The molecule has 0 radical (unpaired) electrons. The van der Waals surface area contributed by atoms with Crippen LogP contribution in [0, 0.1) is 0 Å². The molecule has 18 heavy (non-hydrogen) atoms. The average Bonchev–Trinajstić information content (AvgIpc) is 2.27. The lowest BCUT2D eigenvalue weighted by molar-refractivity contribution is -0.132. The summed E-state index contributed by atoms with van der Waals surface area (Å²) in [5, 5.41) is 0. The van der Waals surface area contributed by atoms with Crippen molar-refractivity contribution in [1.29, 1.82) is 0 Å². The van der Waals surface area contributed by atoms with Gasteiger partial charge < -0.3 is 4.90 Å². The van der Waals surface area contributed by atoms with Gasteiger partial charge in [0.2, 0.25) is 5.91 Å². The summed E-state index contributed by atoms with van der Waals surface area (Å²) in [6.07, 6.45) is -2.44. The molecule has 0 aliphatic heterocycles. The van der Waals surface area contributed by atoms with Crippen LogP contribution in [0.1, 0.15) is 5.56 Å². The van der Waals surface area contributed by atoms with Gasteiger partial charge >= 0.3 is 0 Å². The van der Waals surface area contributed by atoms with E-state index in [0.29, 0.717) is 0 Å². The molecule has 0 fully saturated rings. The molecule has 2 nitrogen and oxygen atoms in total. The third kappa shape index (κ3) is 5.31. The minimum absolute atomic E-state index is 0.100. The molecule has 6 heteroatoms. The highest BCUT2D eigenvalue weighted by atomic mass is 79.9. The third-order valence-electron chi connectivity index (χ3n) is 2.31. The minimum atomic E-state index is -2.54. The summed E-state index contributed by atoms with van der Waals surface area (Å²) >= 11 is 8.80. The van der Waals surface area contributed by atoms with Crippen LogP contribution in [0.2, 0.25) is 0 Å². The molecule has 0 saturated heterocycles. The van der Waals surface area contributed by atoms with E-state index in [-0.39, 0.29) is 24.8 Å². The predicted molar refractivity (Wildman–Crippen MR) is 71.2 cm³/mol. The van der Waals surface area contributed by atoms with Crippen LogP contribution in [-0.4, -0.2) is 36.2 Å². The topological polar surface area (TPSA) is 20.3 Å². The van der Waals surface area contributed by atoms with Crippen molar-refractivity contribution >= 4 is 33.4 Å². The average molecular weight is 341 g/mol. The van der Waals surface area contributed by atoms with Crippen molar-refractivity contribution < 1.29 is 13.6 Å².